The van der Waals surface area contributed by atoms with E-state index in [-0.39, 0.29) is 30.0 Å². The van der Waals surface area contributed by atoms with Crippen LogP contribution in [0.5, 0.6) is 0 Å². The fourth-order valence-corrected chi connectivity index (χ4v) is 1.70. The number of hydrogen-bond donors (Lipinski definition) is 3. The van der Waals surface area contributed by atoms with Crippen LogP contribution in [0.3, 0.4) is 0 Å². The van der Waals surface area contributed by atoms with Crippen LogP contribution < -0.4 is 10.6 Å². The molecule has 0 saturated heterocycles. The Kier molecular flexibility index (Phi) is 9.08. The first-order valence-corrected chi connectivity index (χ1v) is 7.28. The minimum atomic E-state index is -1.04. The maximum atomic E-state index is 11.7. The van der Waals surface area contributed by atoms with Crippen molar-refractivity contribution in [3.8, 4) is 0 Å². The van der Waals surface area contributed by atoms with E-state index in [1.54, 1.807) is 6.92 Å². The number of carboxylic acids is 1. The summed E-state index contributed by atoms with van der Waals surface area (Å²) in [7, 11) is 0. The summed E-state index contributed by atoms with van der Waals surface area (Å²) in [5.74, 6) is -2.30. The second kappa shape index (κ2) is 9.96. The van der Waals surface area contributed by atoms with Gasteiger partial charge in [-0.15, -0.1) is 0 Å². The number of carbonyl (C=O) groups is 3. The fraction of sp³-hybridized carbons (Fsp3) is 0.667. The van der Waals surface area contributed by atoms with Crippen molar-refractivity contribution >= 4 is 17.8 Å². The Morgan fingerprint density at radius 1 is 1.14 bits per heavy atom. The van der Waals surface area contributed by atoms with Gasteiger partial charge in [0.1, 0.15) is 0 Å². The summed E-state index contributed by atoms with van der Waals surface area (Å²) < 4.78 is 0. The van der Waals surface area contributed by atoms with Gasteiger partial charge in [0.2, 0.25) is 11.8 Å². The molecule has 3 N–H and O–H groups in total. The van der Waals surface area contributed by atoms with Gasteiger partial charge in [0, 0.05) is 24.6 Å². The highest BCUT2D eigenvalue weighted by Gasteiger charge is 2.18. The van der Waals surface area contributed by atoms with Crippen LogP contribution in [-0.2, 0) is 14.4 Å². The molecule has 0 rings (SSSR count). The third-order valence-corrected chi connectivity index (χ3v) is 3.10. The number of rotatable bonds is 10. The molecule has 2 amide bonds. The molecular formula is C15H26N2O4. The van der Waals surface area contributed by atoms with Crippen molar-refractivity contribution in [2.45, 2.75) is 58.9 Å². The van der Waals surface area contributed by atoms with Crippen LogP contribution in [0.2, 0.25) is 0 Å². The van der Waals surface area contributed by atoms with Gasteiger partial charge in [-0.3, -0.25) is 14.4 Å². The van der Waals surface area contributed by atoms with Gasteiger partial charge in [-0.1, -0.05) is 26.3 Å². The highest BCUT2D eigenvalue weighted by atomic mass is 16.4. The van der Waals surface area contributed by atoms with Gasteiger partial charge in [0.25, 0.3) is 0 Å². The summed E-state index contributed by atoms with van der Waals surface area (Å²) in [5, 5.41) is 14.0. The van der Waals surface area contributed by atoms with Crippen molar-refractivity contribution in [3.63, 3.8) is 0 Å². The second-order valence-corrected chi connectivity index (χ2v) is 5.26. The predicted octanol–water partition coefficient (Wildman–Crippen LogP) is 1.81. The Bertz CT molecular complexity index is 393. The normalized spacial score (nSPS) is 13.1. The summed E-state index contributed by atoms with van der Waals surface area (Å²) in [6, 6.07) is -0.299. The van der Waals surface area contributed by atoms with Crippen LogP contribution in [0.15, 0.2) is 12.3 Å². The number of hydrogen-bond acceptors (Lipinski definition) is 3. The van der Waals surface area contributed by atoms with E-state index < -0.39 is 11.9 Å². The predicted molar refractivity (Wildman–Crippen MR) is 80.4 cm³/mol. The molecule has 2 atom stereocenters. The molecule has 0 aromatic rings. The van der Waals surface area contributed by atoms with Gasteiger partial charge in [-0.05, 0) is 20.3 Å². The molecule has 0 aromatic heterocycles. The summed E-state index contributed by atoms with van der Waals surface area (Å²) in [5.41, 5.74) is 0.147. The van der Waals surface area contributed by atoms with Crippen LogP contribution >= 0.6 is 0 Å². The molecule has 6 heteroatoms. The minimum absolute atomic E-state index is 0.0681. The zero-order valence-electron chi connectivity index (χ0n) is 13.1. The van der Waals surface area contributed by atoms with Crippen molar-refractivity contribution in [2.75, 3.05) is 0 Å². The largest absolute Gasteiger partial charge is 0.481 e. The lowest BCUT2D eigenvalue weighted by Gasteiger charge is -2.16. The van der Waals surface area contributed by atoms with Crippen molar-refractivity contribution in [1.29, 1.82) is 0 Å². The molecular weight excluding hydrogens is 272 g/mol. The van der Waals surface area contributed by atoms with Gasteiger partial charge in [-0.25, -0.2) is 0 Å². The summed E-state index contributed by atoms with van der Waals surface area (Å²) in [6.07, 6.45) is 3.45. The molecule has 120 valence electrons. The zero-order valence-corrected chi connectivity index (χ0v) is 13.1. The first-order valence-electron chi connectivity index (χ1n) is 7.28. The van der Waals surface area contributed by atoms with E-state index in [4.69, 9.17) is 5.11 Å². The Labute approximate surface area is 126 Å². The first-order chi connectivity index (χ1) is 9.77. The molecule has 0 aliphatic carbocycles. The first kappa shape index (κ1) is 19.1. The Morgan fingerprint density at radius 3 is 2.29 bits per heavy atom. The lowest BCUT2D eigenvalue weighted by atomic mass is 10.1. The SMILES string of the molecule is C=C(NC(=O)CC(C)NC(=O)CCCCC)C(C)C(=O)O. The highest BCUT2D eigenvalue weighted by Crippen LogP contribution is 2.06. The quantitative estimate of drug-likeness (QED) is 0.536. The zero-order chi connectivity index (χ0) is 16.4. The molecule has 0 spiro atoms. The average molecular weight is 298 g/mol. The molecule has 0 aromatic carbocycles. The second-order valence-electron chi connectivity index (χ2n) is 5.26. The molecule has 2 unspecified atom stereocenters. The summed E-state index contributed by atoms with van der Waals surface area (Å²) in [4.78, 5) is 34.1. The standard InChI is InChI=1S/C15H26N2O4/c1-5-6-7-8-13(18)16-10(2)9-14(19)17-12(4)11(3)15(20)21/h10-11H,4-9H2,1-3H3,(H,16,18)(H,17,19)(H,20,21). The molecule has 0 fully saturated rings. The maximum Gasteiger partial charge on any atom is 0.312 e. The van der Waals surface area contributed by atoms with Gasteiger partial charge in [0.15, 0.2) is 0 Å². The number of carboxylic acid groups (broad SMARTS) is 1. The maximum absolute atomic E-state index is 11.7. The number of unbranched alkanes of at least 4 members (excludes halogenated alkanes) is 2. The summed E-state index contributed by atoms with van der Waals surface area (Å²) in [6.45, 7) is 8.78. The van der Waals surface area contributed by atoms with Crippen molar-refractivity contribution < 1.29 is 19.5 Å². The average Bonchev–Trinajstić information content (AvgIpc) is 2.37. The Morgan fingerprint density at radius 2 is 1.76 bits per heavy atom. The third-order valence-electron chi connectivity index (χ3n) is 3.10. The smallest absolute Gasteiger partial charge is 0.312 e. The molecule has 0 radical (unpaired) electrons. The van der Waals surface area contributed by atoms with Crippen LogP contribution in [0.1, 0.15) is 52.9 Å². The molecule has 21 heavy (non-hydrogen) atoms. The van der Waals surface area contributed by atoms with Crippen LogP contribution in [0.4, 0.5) is 0 Å². The highest BCUT2D eigenvalue weighted by molar-refractivity contribution is 5.82. The number of aliphatic carboxylic acids is 1. The van der Waals surface area contributed by atoms with E-state index in [2.05, 4.69) is 24.1 Å². The van der Waals surface area contributed by atoms with Crippen LogP contribution in [-0.4, -0.2) is 28.9 Å². The van der Waals surface area contributed by atoms with E-state index in [9.17, 15) is 14.4 Å². The van der Waals surface area contributed by atoms with E-state index in [1.165, 1.54) is 6.92 Å². The minimum Gasteiger partial charge on any atom is -0.481 e. The molecule has 0 aliphatic rings. The van der Waals surface area contributed by atoms with Gasteiger partial charge < -0.3 is 15.7 Å². The number of carbonyl (C=O) groups excluding carboxylic acids is 2. The fourth-order valence-electron chi connectivity index (χ4n) is 1.70. The monoisotopic (exact) mass is 298 g/mol. The Balaban J connectivity index is 4.07. The Hall–Kier alpha value is -1.85. The van der Waals surface area contributed by atoms with Crippen molar-refractivity contribution in [3.05, 3.63) is 12.3 Å². The van der Waals surface area contributed by atoms with E-state index in [1.807, 2.05) is 0 Å². The third kappa shape index (κ3) is 8.83. The van der Waals surface area contributed by atoms with Crippen LogP contribution in [0, 0.1) is 5.92 Å². The van der Waals surface area contributed by atoms with E-state index >= 15 is 0 Å². The topological polar surface area (TPSA) is 95.5 Å². The lowest BCUT2D eigenvalue weighted by Crippen LogP contribution is -2.38. The van der Waals surface area contributed by atoms with Gasteiger partial charge in [-0.2, -0.15) is 0 Å². The summed E-state index contributed by atoms with van der Waals surface area (Å²) >= 11 is 0. The van der Waals surface area contributed by atoms with Crippen molar-refractivity contribution in [1.82, 2.24) is 10.6 Å². The van der Waals surface area contributed by atoms with Gasteiger partial charge in [0.05, 0.1) is 5.92 Å². The van der Waals surface area contributed by atoms with Crippen LogP contribution in [0.25, 0.3) is 0 Å². The lowest BCUT2D eigenvalue weighted by molar-refractivity contribution is -0.140. The molecule has 0 saturated carbocycles. The number of amides is 2. The molecule has 6 nitrogen and oxygen atoms in total. The van der Waals surface area contributed by atoms with E-state index in [0.29, 0.717) is 6.42 Å². The number of nitrogens with one attached hydrogen (secondary N) is 2. The van der Waals surface area contributed by atoms with E-state index in [0.717, 1.165) is 19.3 Å². The molecule has 0 heterocycles. The van der Waals surface area contributed by atoms with Crippen molar-refractivity contribution in [2.24, 2.45) is 5.92 Å². The molecule has 0 aliphatic heterocycles. The molecule has 0 bridgehead atoms. The van der Waals surface area contributed by atoms with Gasteiger partial charge >= 0.3 is 5.97 Å².